The van der Waals surface area contributed by atoms with Crippen LogP contribution in [-0.4, -0.2) is 19.1 Å². The van der Waals surface area contributed by atoms with Gasteiger partial charge in [-0.15, -0.1) is 0 Å². The molecule has 0 aromatic heterocycles. The van der Waals surface area contributed by atoms with Gasteiger partial charge in [0, 0.05) is 5.69 Å². The van der Waals surface area contributed by atoms with Gasteiger partial charge in [-0.05, 0) is 42.7 Å². The number of amides is 1. The standard InChI is InChI=1S/C19H24N2O2/c1-13(2)15-9-11-16(12-10-15)20-14(3)19(22)21-17-7-5-6-8-18(17)23-4/h5-14,20H,1-4H3,(H,21,22)/t14-/m0/s1. The summed E-state index contributed by atoms with van der Waals surface area (Å²) in [7, 11) is 1.59. The van der Waals surface area contributed by atoms with Gasteiger partial charge in [-0.25, -0.2) is 0 Å². The summed E-state index contributed by atoms with van der Waals surface area (Å²) in [5.41, 5.74) is 2.88. The molecule has 122 valence electrons. The quantitative estimate of drug-likeness (QED) is 0.838. The second-order valence-electron chi connectivity index (χ2n) is 5.83. The Bertz CT molecular complexity index is 651. The molecule has 0 radical (unpaired) electrons. The largest absolute Gasteiger partial charge is 0.495 e. The molecule has 0 aliphatic heterocycles. The lowest BCUT2D eigenvalue weighted by atomic mass is 10.0. The molecule has 0 spiro atoms. The zero-order chi connectivity index (χ0) is 16.8. The Hall–Kier alpha value is -2.49. The molecule has 0 unspecified atom stereocenters. The molecule has 0 fully saturated rings. The second kappa shape index (κ2) is 7.68. The number of benzene rings is 2. The summed E-state index contributed by atoms with van der Waals surface area (Å²) >= 11 is 0. The monoisotopic (exact) mass is 312 g/mol. The number of carbonyl (C=O) groups excluding carboxylic acids is 1. The summed E-state index contributed by atoms with van der Waals surface area (Å²) in [5.74, 6) is 1.03. The highest BCUT2D eigenvalue weighted by atomic mass is 16.5. The Kier molecular flexibility index (Phi) is 5.63. The summed E-state index contributed by atoms with van der Waals surface area (Å²) in [6, 6.07) is 15.2. The van der Waals surface area contributed by atoms with E-state index in [0.717, 1.165) is 5.69 Å². The fourth-order valence-electron chi connectivity index (χ4n) is 2.27. The maximum atomic E-state index is 12.3. The van der Waals surface area contributed by atoms with Crippen LogP contribution in [0.3, 0.4) is 0 Å². The zero-order valence-corrected chi connectivity index (χ0v) is 14.1. The predicted octanol–water partition coefficient (Wildman–Crippen LogP) is 4.26. The fraction of sp³-hybridized carbons (Fsp3) is 0.316. The molecule has 0 bridgehead atoms. The number of hydrogen-bond acceptors (Lipinski definition) is 3. The number of methoxy groups -OCH3 is 1. The average molecular weight is 312 g/mol. The molecule has 0 aliphatic carbocycles. The second-order valence-corrected chi connectivity index (χ2v) is 5.83. The van der Waals surface area contributed by atoms with Gasteiger partial charge >= 0.3 is 0 Å². The van der Waals surface area contributed by atoms with E-state index >= 15 is 0 Å². The van der Waals surface area contributed by atoms with Crippen molar-refractivity contribution in [3.63, 3.8) is 0 Å². The number of ether oxygens (including phenoxy) is 1. The van der Waals surface area contributed by atoms with Crippen LogP contribution >= 0.6 is 0 Å². The molecular weight excluding hydrogens is 288 g/mol. The molecule has 2 aromatic carbocycles. The smallest absolute Gasteiger partial charge is 0.246 e. The lowest BCUT2D eigenvalue weighted by Gasteiger charge is -2.17. The van der Waals surface area contributed by atoms with Gasteiger partial charge < -0.3 is 15.4 Å². The SMILES string of the molecule is COc1ccccc1NC(=O)[C@H](C)Nc1ccc(C(C)C)cc1. The van der Waals surface area contributed by atoms with Gasteiger partial charge in [0.25, 0.3) is 0 Å². The number of carbonyl (C=O) groups is 1. The molecule has 0 saturated heterocycles. The molecule has 2 aromatic rings. The molecule has 2 rings (SSSR count). The van der Waals surface area contributed by atoms with Crippen LogP contribution in [0.15, 0.2) is 48.5 Å². The van der Waals surface area contributed by atoms with Crippen LogP contribution in [0.25, 0.3) is 0 Å². The highest BCUT2D eigenvalue weighted by molar-refractivity contribution is 5.97. The van der Waals surface area contributed by atoms with Crippen LogP contribution in [-0.2, 0) is 4.79 Å². The third-order valence-electron chi connectivity index (χ3n) is 3.72. The maximum absolute atomic E-state index is 12.3. The minimum atomic E-state index is -0.357. The van der Waals surface area contributed by atoms with Crippen molar-refractivity contribution in [1.29, 1.82) is 0 Å². The fourth-order valence-corrected chi connectivity index (χ4v) is 2.27. The van der Waals surface area contributed by atoms with Gasteiger partial charge in [0.05, 0.1) is 12.8 Å². The minimum absolute atomic E-state index is 0.109. The lowest BCUT2D eigenvalue weighted by Crippen LogP contribution is -2.31. The van der Waals surface area contributed by atoms with Crippen molar-refractivity contribution in [3.05, 3.63) is 54.1 Å². The van der Waals surface area contributed by atoms with E-state index in [2.05, 4.69) is 36.6 Å². The molecule has 0 heterocycles. The highest BCUT2D eigenvalue weighted by Crippen LogP contribution is 2.23. The first-order valence-electron chi connectivity index (χ1n) is 7.81. The van der Waals surface area contributed by atoms with Crippen molar-refractivity contribution in [2.24, 2.45) is 0 Å². The Morgan fingerprint density at radius 3 is 2.26 bits per heavy atom. The van der Waals surface area contributed by atoms with Gasteiger partial charge in [-0.3, -0.25) is 4.79 Å². The number of anilines is 2. The van der Waals surface area contributed by atoms with E-state index in [9.17, 15) is 4.79 Å². The third-order valence-corrected chi connectivity index (χ3v) is 3.72. The van der Waals surface area contributed by atoms with Crippen molar-refractivity contribution in [2.45, 2.75) is 32.7 Å². The Balaban J connectivity index is 1.99. The summed E-state index contributed by atoms with van der Waals surface area (Å²) in [4.78, 5) is 12.3. The third kappa shape index (κ3) is 4.49. The van der Waals surface area contributed by atoms with Gasteiger partial charge in [0.1, 0.15) is 11.8 Å². The van der Waals surface area contributed by atoms with Gasteiger partial charge in [-0.2, -0.15) is 0 Å². The molecular formula is C19H24N2O2. The number of nitrogens with one attached hydrogen (secondary N) is 2. The zero-order valence-electron chi connectivity index (χ0n) is 14.1. The average Bonchev–Trinajstić information content (AvgIpc) is 2.55. The first-order valence-corrected chi connectivity index (χ1v) is 7.81. The van der Waals surface area contributed by atoms with Gasteiger partial charge in [-0.1, -0.05) is 38.1 Å². The molecule has 4 nitrogen and oxygen atoms in total. The Labute approximate surface area is 137 Å². The number of rotatable bonds is 6. The van der Waals surface area contributed by atoms with Crippen molar-refractivity contribution >= 4 is 17.3 Å². The van der Waals surface area contributed by atoms with Gasteiger partial charge in [0.15, 0.2) is 0 Å². The molecule has 0 saturated carbocycles. The molecule has 1 atom stereocenters. The Morgan fingerprint density at radius 1 is 1.00 bits per heavy atom. The van der Waals surface area contributed by atoms with E-state index < -0.39 is 0 Å². The van der Waals surface area contributed by atoms with Crippen molar-refractivity contribution in [2.75, 3.05) is 17.7 Å². The van der Waals surface area contributed by atoms with E-state index in [0.29, 0.717) is 17.4 Å². The minimum Gasteiger partial charge on any atom is -0.495 e. The first-order chi connectivity index (χ1) is 11.0. The van der Waals surface area contributed by atoms with E-state index in [1.54, 1.807) is 7.11 Å². The molecule has 2 N–H and O–H groups in total. The van der Waals surface area contributed by atoms with E-state index in [-0.39, 0.29) is 11.9 Å². The predicted molar refractivity (Wildman–Crippen MR) is 95.2 cm³/mol. The molecule has 23 heavy (non-hydrogen) atoms. The highest BCUT2D eigenvalue weighted by Gasteiger charge is 2.14. The number of para-hydroxylation sites is 2. The molecule has 1 amide bonds. The summed E-state index contributed by atoms with van der Waals surface area (Å²) in [6.45, 7) is 6.15. The summed E-state index contributed by atoms with van der Waals surface area (Å²) in [5, 5.41) is 6.10. The van der Waals surface area contributed by atoms with Crippen LogP contribution < -0.4 is 15.4 Å². The van der Waals surface area contributed by atoms with Crippen LogP contribution in [0.4, 0.5) is 11.4 Å². The maximum Gasteiger partial charge on any atom is 0.246 e. The molecule has 4 heteroatoms. The summed E-state index contributed by atoms with van der Waals surface area (Å²) < 4.78 is 5.24. The van der Waals surface area contributed by atoms with Crippen LogP contribution in [0.2, 0.25) is 0 Å². The van der Waals surface area contributed by atoms with Gasteiger partial charge in [0.2, 0.25) is 5.91 Å². The van der Waals surface area contributed by atoms with E-state index in [1.807, 2.05) is 43.3 Å². The normalized spacial score (nSPS) is 11.9. The lowest BCUT2D eigenvalue weighted by molar-refractivity contribution is -0.116. The van der Waals surface area contributed by atoms with Crippen LogP contribution in [0.5, 0.6) is 5.75 Å². The summed E-state index contributed by atoms with van der Waals surface area (Å²) in [6.07, 6.45) is 0. The van der Waals surface area contributed by atoms with Crippen molar-refractivity contribution in [1.82, 2.24) is 0 Å². The van der Waals surface area contributed by atoms with Crippen molar-refractivity contribution in [3.8, 4) is 5.75 Å². The van der Waals surface area contributed by atoms with Crippen LogP contribution in [0, 0.1) is 0 Å². The van der Waals surface area contributed by atoms with E-state index in [4.69, 9.17) is 4.74 Å². The number of hydrogen-bond donors (Lipinski definition) is 2. The van der Waals surface area contributed by atoms with Crippen LogP contribution in [0.1, 0.15) is 32.3 Å². The molecule has 0 aliphatic rings. The Morgan fingerprint density at radius 2 is 1.65 bits per heavy atom. The topological polar surface area (TPSA) is 50.4 Å². The van der Waals surface area contributed by atoms with E-state index in [1.165, 1.54) is 5.56 Å². The van der Waals surface area contributed by atoms with Crippen molar-refractivity contribution < 1.29 is 9.53 Å². The first kappa shape index (κ1) is 16.9.